The van der Waals surface area contributed by atoms with Crippen LogP contribution in [0.25, 0.3) is 5.65 Å². The number of hydrogen-bond acceptors (Lipinski definition) is 5. The van der Waals surface area contributed by atoms with E-state index in [1.165, 1.54) is 36.4 Å². The molecule has 4 aromatic rings. The van der Waals surface area contributed by atoms with E-state index in [2.05, 4.69) is 14.9 Å². The average Bonchev–Trinajstić information content (AvgIpc) is 3.29. The fraction of sp³-hybridized carbons (Fsp3) is 0.240. The van der Waals surface area contributed by atoms with Gasteiger partial charge in [-0.2, -0.15) is 0 Å². The maximum Gasteiger partial charge on any atom is 0.261 e. The number of carbonyl (C=O) groups is 1. The van der Waals surface area contributed by atoms with Crippen LogP contribution in [0.2, 0.25) is 0 Å². The summed E-state index contributed by atoms with van der Waals surface area (Å²) in [6, 6.07) is 15.3. The van der Waals surface area contributed by atoms with Crippen LogP contribution >= 0.6 is 0 Å². The third-order valence-corrected chi connectivity index (χ3v) is 7.71. The second kappa shape index (κ2) is 9.10. The van der Waals surface area contributed by atoms with Gasteiger partial charge in [0.25, 0.3) is 15.9 Å². The Hall–Kier alpha value is -3.79. The van der Waals surface area contributed by atoms with Gasteiger partial charge < -0.3 is 4.90 Å². The minimum atomic E-state index is -3.95. The second-order valence-electron chi connectivity index (χ2n) is 8.64. The van der Waals surface area contributed by atoms with Crippen molar-refractivity contribution in [3.05, 3.63) is 89.6 Å². The summed E-state index contributed by atoms with van der Waals surface area (Å²) in [6.45, 7) is 2.86. The van der Waals surface area contributed by atoms with Crippen molar-refractivity contribution in [1.82, 2.24) is 19.5 Å². The molecule has 10 heteroatoms. The van der Waals surface area contributed by atoms with Gasteiger partial charge in [-0.25, -0.2) is 12.8 Å². The lowest BCUT2D eigenvalue weighted by molar-refractivity contribution is 0.0710. The van der Waals surface area contributed by atoms with Gasteiger partial charge in [0.05, 0.1) is 4.90 Å². The van der Waals surface area contributed by atoms with Gasteiger partial charge in [0.15, 0.2) is 5.65 Å². The highest BCUT2D eigenvalue weighted by Gasteiger charge is 2.28. The number of pyridine rings is 1. The molecule has 0 atom stereocenters. The molecule has 2 aromatic heterocycles. The highest BCUT2D eigenvalue weighted by atomic mass is 32.2. The van der Waals surface area contributed by atoms with E-state index in [0.29, 0.717) is 24.2 Å². The van der Waals surface area contributed by atoms with Gasteiger partial charge in [0.1, 0.15) is 11.6 Å². The molecular weight excluding hydrogens is 469 g/mol. The third-order valence-electron chi connectivity index (χ3n) is 6.33. The number of amides is 1. The van der Waals surface area contributed by atoms with Crippen LogP contribution in [-0.2, 0) is 10.0 Å². The number of nitrogens with one attached hydrogen (secondary N) is 1. The van der Waals surface area contributed by atoms with Crippen LogP contribution in [0.1, 0.15) is 40.5 Å². The topological polar surface area (TPSA) is 96.7 Å². The van der Waals surface area contributed by atoms with Crippen molar-refractivity contribution in [2.75, 3.05) is 17.8 Å². The Balaban J connectivity index is 1.32. The van der Waals surface area contributed by atoms with E-state index in [9.17, 15) is 17.6 Å². The summed E-state index contributed by atoms with van der Waals surface area (Å²) < 4.78 is 43.3. The van der Waals surface area contributed by atoms with Crippen LogP contribution in [-0.4, -0.2) is 46.9 Å². The number of piperidine rings is 1. The van der Waals surface area contributed by atoms with Crippen LogP contribution in [0.15, 0.2) is 71.8 Å². The number of anilines is 1. The van der Waals surface area contributed by atoms with Crippen molar-refractivity contribution >= 4 is 27.3 Å². The summed E-state index contributed by atoms with van der Waals surface area (Å²) >= 11 is 0. The second-order valence-corrected chi connectivity index (χ2v) is 10.3. The number of sulfonamides is 1. The highest BCUT2D eigenvalue weighted by molar-refractivity contribution is 7.92. The summed E-state index contributed by atoms with van der Waals surface area (Å²) in [5, 5.41) is 8.58. The van der Waals surface area contributed by atoms with Crippen molar-refractivity contribution in [2.45, 2.75) is 30.6 Å². The lowest BCUT2D eigenvalue weighted by Crippen LogP contribution is -2.38. The number of likely N-dealkylation sites (tertiary alicyclic amines) is 1. The lowest BCUT2D eigenvalue weighted by atomic mass is 9.95. The van der Waals surface area contributed by atoms with E-state index >= 15 is 0 Å². The molecule has 0 aliphatic carbocycles. The Labute approximate surface area is 202 Å². The predicted molar refractivity (Wildman–Crippen MR) is 129 cm³/mol. The van der Waals surface area contributed by atoms with Gasteiger partial charge >= 0.3 is 0 Å². The van der Waals surface area contributed by atoms with Crippen LogP contribution in [0, 0.1) is 12.7 Å². The van der Waals surface area contributed by atoms with E-state index in [1.54, 1.807) is 17.9 Å². The molecular formula is C25H24FN5O3S. The van der Waals surface area contributed by atoms with Gasteiger partial charge in [-0.3, -0.25) is 13.9 Å². The van der Waals surface area contributed by atoms with E-state index in [1.807, 2.05) is 28.8 Å². The number of halogens is 1. The summed E-state index contributed by atoms with van der Waals surface area (Å²) in [4.78, 5) is 15.1. The van der Waals surface area contributed by atoms with Crippen molar-refractivity contribution in [3.63, 3.8) is 0 Å². The van der Waals surface area contributed by atoms with Crippen molar-refractivity contribution in [1.29, 1.82) is 0 Å². The molecule has 1 aliphatic heterocycles. The summed E-state index contributed by atoms with van der Waals surface area (Å²) in [6.07, 6.45) is 3.42. The molecule has 2 aromatic carbocycles. The molecule has 0 bridgehead atoms. The zero-order valence-electron chi connectivity index (χ0n) is 19.1. The Morgan fingerprint density at radius 3 is 2.51 bits per heavy atom. The SMILES string of the molecule is Cc1ccc(S(=O)(=O)Nc2ccc(F)cc2)cc1C(=O)N1CCC(c2nnc3ccccn23)CC1. The monoisotopic (exact) mass is 493 g/mol. The maximum atomic E-state index is 13.3. The van der Waals surface area contributed by atoms with Crippen LogP contribution in [0.5, 0.6) is 0 Å². The number of nitrogens with zero attached hydrogens (tertiary/aromatic N) is 4. The molecule has 0 spiro atoms. The number of aromatic nitrogens is 3. The molecule has 8 nitrogen and oxygen atoms in total. The van der Waals surface area contributed by atoms with E-state index in [4.69, 9.17) is 0 Å². The van der Waals surface area contributed by atoms with Gasteiger partial charge in [-0.1, -0.05) is 12.1 Å². The third kappa shape index (κ3) is 4.61. The summed E-state index contributed by atoms with van der Waals surface area (Å²) in [7, 11) is -3.95. The first-order valence-corrected chi connectivity index (χ1v) is 12.8. The quantitative estimate of drug-likeness (QED) is 0.453. The van der Waals surface area contributed by atoms with Crippen LogP contribution in [0.4, 0.5) is 10.1 Å². The number of hydrogen-bond donors (Lipinski definition) is 1. The molecule has 35 heavy (non-hydrogen) atoms. The number of aryl methyl sites for hydroxylation is 1. The van der Waals surface area contributed by atoms with E-state index in [0.717, 1.165) is 24.3 Å². The molecule has 0 radical (unpaired) electrons. The molecule has 1 aliphatic rings. The van der Waals surface area contributed by atoms with Gasteiger partial charge in [0.2, 0.25) is 0 Å². The molecule has 180 valence electrons. The minimum Gasteiger partial charge on any atom is -0.339 e. The molecule has 1 fully saturated rings. The standard InChI is InChI=1S/C25H24FN5O3S/c1-17-5-10-21(35(33,34)29-20-8-6-19(26)7-9-20)16-22(17)25(32)30-14-11-18(12-15-30)24-28-27-23-4-2-3-13-31(23)24/h2-10,13,16,18,29H,11-12,14-15H2,1H3. The van der Waals surface area contributed by atoms with Gasteiger partial charge in [-0.05, 0) is 73.9 Å². The van der Waals surface area contributed by atoms with E-state index < -0.39 is 15.8 Å². The van der Waals surface area contributed by atoms with E-state index in [-0.39, 0.29) is 22.4 Å². The fourth-order valence-corrected chi connectivity index (χ4v) is 5.46. The first kappa shape index (κ1) is 23.0. The molecule has 1 saturated heterocycles. The maximum absolute atomic E-state index is 13.3. The lowest BCUT2D eigenvalue weighted by Gasteiger charge is -2.31. The number of carbonyl (C=O) groups excluding carboxylic acids is 1. The molecule has 1 N–H and O–H groups in total. The zero-order valence-corrected chi connectivity index (χ0v) is 19.9. The Kier molecular flexibility index (Phi) is 5.98. The van der Waals surface area contributed by atoms with Gasteiger partial charge in [0, 0.05) is 36.5 Å². The first-order chi connectivity index (χ1) is 16.8. The normalized spacial score (nSPS) is 14.9. The zero-order chi connectivity index (χ0) is 24.6. The van der Waals surface area contributed by atoms with Crippen LogP contribution in [0.3, 0.4) is 0 Å². The number of fused-ring (bicyclic) bond motifs is 1. The van der Waals surface area contributed by atoms with Gasteiger partial charge in [-0.15, -0.1) is 10.2 Å². The number of rotatable bonds is 5. The Morgan fingerprint density at radius 1 is 1.03 bits per heavy atom. The minimum absolute atomic E-state index is 0.0272. The Bertz CT molecular complexity index is 1490. The van der Waals surface area contributed by atoms with Crippen molar-refractivity contribution in [3.8, 4) is 0 Å². The molecule has 5 rings (SSSR count). The summed E-state index contributed by atoms with van der Waals surface area (Å²) in [5.41, 5.74) is 2.08. The smallest absolute Gasteiger partial charge is 0.261 e. The first-order valence-electron chi connectivity index (χ1n) is 11.3. The van der Waals surface area contributed by atoms with Crippen LogP contribution < -0.4 is 4.72 Å². The largest absolute Gasteiger partial charge is 0.339 e. The van der Waals surface area contributed by atoms with Crippen molar-refractivity contribution in [2.24, 2.45) is 0 Å². The molecule has 0 unspecified atom stereocenters. The molecule has 0 saturated carbocycles. The molecule has 1 amide bonds. The van der Waals surface area contributed by atoms with Crippen molar-refractivity contribution < 1.29 is 17.6 Å². The average molecular weight is 494 g/mol. The molecule has 3 heterocycles. The summed E-state index contributed by atoms with van der Waals surface area (Å²) in [5.74, 6) is 0.413. The number of benzene rings is 2. The Morgan fingerprint density at radius 2 is 1.77 bits per heavy atom. The predicted octanol–water partition coefficient (Wildman–Crippen LogP) is 4.00. The fourth-order valence-electron chi connectivity index (χ4n) is 4.38. The highest BCUT2D eigenvalue weighted by Crippen LogP contribution is 2.29.